The van der Waals surface area contributed by atoms with Crippen molar-refractivity contribution >= 4 is 11.5 Å². The number of ether oxygens (including phenoxy) is 2. The maximum absolute atomic E-state index is 12.7. The molecule has 0 unspecified atom stereocenters. The molecule has 1 amide bonds. The molecule has 1 heterocycles. The average Bonchev–Trinajstić information content (AvgIpc) is 2.74. The molecular formula is C23H28N2O3. The van der Waals surface area contributed by atoms with Crippen molar-refractivity contribution in [1.82, 2.24) is 9.80 Å². The van der Waals surface area contributed by atoms with Crippen molar-refractivity contribution in [3.63, 3.8) is 0 Å². The molecule has 0 aliphatic carbocycles. The molecule has 5 nitrogen and oxygen atoms in total. The molecule has 0 aromatic heterocycles. The number of carbonyl (C=O) groups excluding carboxylic acids is 1. The zero-order chi connectivity index (χ0) is 19.9. The Morgan fingerprint density at radius 1 is 1.07 bits per heavy atom. The van der Waals surface area contributed by atoms with Gasteiger partial charge in [0.1, 0.15) is 0 Å². The van der Waals surface area contributed by atoms with Crippen LogP contribution in [0.4, 0.5) is 0 Å². The number of carbonyl (C=O) groups is 1. The fraction of sp³-hybridized carbons (Fsp3) is 0.348. The van der Waals surface area contributed by atoms with Crippen LogP contribution in [0.25, 0.3) is 5.57 Å². The van der Waals surface area contributed by atoms with Crippen molar-refractivity contribution in [2.45, 2.75) is 13.0 Å². The van der Waals surface area contributed by atoms with Gasteiger partial charge in [0.25, 0.3) is 0 Å². The van der Waals surface area contributed by atoms with E-state index in [1.165, 1.54) is 11.1 Å². The lowest BCUT2D eigenvalue weighted by molar-refractivity contribution is -0.131. The average molecular weight is 380 g/mol. The maximum Gasteiger partial charge on any atom is 0.237 e. The van der Waals surface area contributed by atoms with Gasteiger partial charge >= 0.3 is 0 Å². The minimum Gasteiger partial charge on any atom is -0.493 e. The van der Waals surface area contributed by atoms with E-state index in [2.05, 4.69) is 30.3 Å². The van der Waals surface area contributed by atoms with Crippen molar-refractivity contribution in [3.05, 3.63) is 65.7 Å². The molecule has 2 aromatic carbocycles. The third-order valence-electron chi connectivity index (χ3n) is 5.04. The smallest absolute Gasteiger partial charge is 0.237 e. The predicted octanol–water partition coefficient (Wildman–Crippen LogP) is 3.45. The Hall–Kier alpha value is -2.79. The molecule has 0 atom stereocenters. The van der Waals surface area contributed by atoms with Crippen molar-refractivity contribution in [3.8, 4) is 11.5 Å². The van der Waals surface area contributed by atoms with Gasteiger partial charge in [-0.3, -0.25) is 9.69 Å². The Bertz CT molecular complexity index is 833. The van der Waals surface area contributed by atoms with Crippen LogP contribution in [0.1, 0.15) is 17.5 Å². The summed E-state index contributed by atoms with van der Waals surface area (Å²) < 4.78 is 10.8. The van der Waals surface area contributed by atoms with Crippen LogP contribution in [0.3, 0.4) is 0 Å². The third-order valence-corrected chi connectivity index (χ3v) is 5.04. The van der Waals surface area contributed by atoms with E-state index in [-0.39, 0.29) is 5.91 Å². The van der Waals surface area contributed by atoms with E-state index < -0.39 is 0 Å². The first-order chi connectivity index (χ1) is 13.6. The lowest BCUT2D eigenvalue weighted by Crippen LogP contribution is -2.40. The van der Waals surface area contributed by atoms with Gasteiger partial charge in [0, 0.05) is 25.2 Å². The second-order valence-corrected chi connectivity index (χ2v) is 7.01. The Kier molecular flexibility index (Phi) is 6.71. The van der Waals surface area contributed by atoms with Crippen LogP contribution < -0.4 is 9.47 Å². The molecule has 1 aliphatic heterocycles. The summed E-state index contributed by atoms with van der Waals surface area (Å²) in [6.45, 7) is 2.41. The summed E-state index contributed by atoms with van der Waals surface area (Å²) in [6.07, 6.45) is 3.06. The van der Waals surface area contributed by atoms with Crippen LogP contribution in [0.5, 0.6) is 11.5 Å². The molecule has 1 aliphatic rings. The van der Waals surface area contributed by atoms with Gasteiger partial charge in [-0.1, -0.05) is 48.5 Å². The number of hydrogen-bond donors (Lipinski definition) is 0. The highest BCUT2D eigenvalue weighted by molar-refractivity contribution is 5.80. The molecule has 0 N–H and O–H groups in total. The first kappa shape index (κ1) is 20.0. The van der Waals surface area contributed by atoms with Crippen LogP contribution in [0.15, 0.2) is 54.6 Å². The summed E-state index contributed by atoms with van der Waals surface area (Å²) in [6, 6.07) is 16.2. The van der Waals surface area contributed by atoms with Crippen molar-refractivity contribution < 1.29 is 14.3 Å². The first-order valence-electron chi connectivity index (χ1n) is 9.53. The largest absolute Gasteiger partial charge is 0.493 e. The number of hydrogen-bond acceptors (Lipinski definition) is 4. The van der Waals surface area contributed by atoms with Crippen LogP contribution in [0, 0.1) is 0 Å². The minimum absolute atomic E-state index is 0.146. The highest BCUT2D eigenvalue weighted by Gasteiger charge is 2.20. The SMILES string of the molecule is COc1cccc(CN(C)CC(=O)N2CC=C(c3ccccc3)CC2)c1OC. The van der Waals surface area contributed by atoms with Gasteiger partial charge in [-0.15, -0.1) is 0 Å². The fourth-order valence-electron chi connectivity index (χ4n) is 3.57. The molecule has 28 heavy (non-hydrogen) atoms. The molecule has 2 aromatic rings. The summed E-state index contributed by atoms with van der Waals surface area (Å²) >= 11 is 0. The summed E-state index contributed by atoms with van der Waals surface area (Å²) in [5.74, 6) is 1.57. The topological polar surface area (TPSA) is 42.0 Å². The number of methoxy groups -OCH3 is 2. The number of benzene rings is 2. The van der Waals surface area contributed by atoms with E-state index >= 15 is 0 Å². The minimum atomic E-state index is 0.146. The van der Waals surface area contributed by atoms with Crippen LogP contribution in [-0.2, 0) is 11.3 Å². The number of nitrogens with zero attached hydrogens (tertiary/aromatic N) is 2. The standard InChI is InChI=1S/C23H28N2O3/c1-24(16-20-10-7-11-21(27-2)23(20)28-3)17-22(26)25-14-12-19(13-15-25)18-8-5-4-6-9-18/h4-12H,13-17H2,1-3H3. The number of amides is 1. The van der Waals surface area contributed by atoms with Gasteiger partial charge in [-0.2, -0.15) is 0 Å². The Morgan fingerprint density at radius 2 is 1.86 bits per heavy atom. The summed E-state index contributed by atoms with van der Waals surface area (Å²) in [5.41, 5.74) is 3.57. The molecule has 0 spiro atoms. The number of rotatable bonds is 7. The van der Waals surface area contributed by atoms with E-state index in [9.17, 15) is 4.79 Å². The molecule has 0 radical (unpaired) electrons. The summed E-state index contributed by atoms with van der Waals surface area (Å²) in [4.78, 5) is 16.7. The molecule has 3 rings (SSSR count). The highest BCUT2D eigenvalue weighted by atomic mass is 16.5. The second kappa shape index (κ2) is 9.42. The first-order valence-corrected chi connectivity index (χ1v) is 9.53. The summed E-state index contributed by atoms with van der Waals surface area (Å²) in [5, 5.41) is 0. The van der Waals surface area contributed by atoms with Crippen molar-refractivity contribution in [1.29, 1.82) is 0 Å². The van der Waals surface area contributed by atoms with Crippen LogP contribution >= 0.6 is 0 Å². The maximum atomic E-state index is 12.7. The van der Waals surface area contributed by atoms with Gasteiger partial charge in [0.15, 0.2) is 11.5 Å². The molecule has 148 valence electrons. The molecule has 5 heteroatoms. The van der Waals surface area contributed by atoms with Gasteiger partial charge in [0.2, 0.25) is 5.91 Å². The second-order valence-electron chi connectivity index (χ2n) is 7.01. The molecule has 0 fully saturated rings. The van der Waals surface area contributed by atoms with Gasteiger partial charge in [-0.05, 0) is 30.7 Å². The lowest BCUT2D eigenvalue weighted by atomic mass is 9.99. The lowest BCUT2D eigenvalue weighted by Gasteiger charge is -2.29. The van der Waals surface area contributed by atoms with Crippen molar-refractivity contribution in [2.24, 2.45) is 0 Å². The van der Waals surface area contributed by atoms with E-state index in [0.29, 0.717) is 25.4 Å². The summed E-state index contributed by atoms with van der Waals surface area (Å²) in [7, 11) is 5.21. The molecule has 0 saturated heterocycles. The number of para-hydroxylation sites is 1. The Morgan fingerprint density at radius 3 is 2.50 bits per heavy atom. The Balaban J connectivity index is 1.58. The zero-order valence-electron chi connectivity index (χ0n) is 16.9. The van der Waals surface area contributed by atoms with Gasteiger partial charge < -0.3 is 14.4 Å². The number of likely N-dealkylation sites (N-methyl/N-ethyl adjacent to an activating group) is 1. The quantitative estimate of drug-likeness (QED) is 0.738. The van der Waals surface area contributed by atoms with Gasteiger partial charge in [-0.25, -0.2) is 0 Å². The van der Waals surface area contributed by atoms with Crippen LogP contribution in [0.2, 0.25) is 0 Å². The predicted molar refractivity (Wildman–Crippen MR) is 111 cm³/mol. The van der Waals surface area contributed by atoms with E-state index in [1.807, 2.05) is 41.1 Å². The normalized spacial score (nSPS) is 14.0. The third kappa shape index (κ3) is 4.73. The van der Waals surface area contributed by atoms with Crippen molar-refractivity contribution in [2.75, 3.05) is 40.9 Å². The molecular weight excluding hydrogens is 352 g/mol. The molecule has 0 bridgehead atoms. The monoisotopic (exact) mass is 380 g/mol. The fourth-order valence-corrected chi connectivity index (χ4v) is 3.57. The molecule has 0 saturated carbocycles. The van der Waals surface area contributed by atoms with Gasteiger partial charge in [0.05, 0.1) is 20.8 Å². The van der Waals surface area contributed by atoms with E-state index in [0.717, 1.165) is 24.3 Å². The Labute approximate surface area is 167 Å². The van der Waals surface area contributed by atoms with Crippen LogP contribution in [-0.4, -0.2) is 56.6 Å². The zero-order valence-corrected chi connectivity index (χ0v) is 16.9. The van der Waals surface area contributed by atoms with E-state index in [1.54, 1.807) is 14.2 Å². The van der Waals surface area contributed by atoms with E-state index in [4.69, 9.17) is 9.47 Å². The highest BCUT2D eigenvalue weighted by Crippen LogP contribution is 2.31.